The third kappa shape index (κ3) is 2.85. The molecule has 3 aromatic rings. The Balaban J connectivity index is 1.53. The molecule has 20 heavy (non-hydrogen) atoms. The number of carbonyl (C=O) groups is 1. The van der Waals surface area contributed by atoms with Crippen molar-refractivity contribution in [3.05, 3.63) is 48.6 Å². The fourth-order valence-electron chi connectivity index (χ4n) is 1.94. The van der Waals surface area contributed by atoms with Crippen molar-refractivity contribution in [1.29, 1.82) is 0 Å². The number of benzene rings is 1. The van der Waals surface area contributed by atoms with Gasteiger partial charge in [0.1, 0.15) is 11.9 Å². The zero-order valence-corrected chi connectivity index (χ0v) is 10.8. The minimum absolute atomic E-state index is 0.108. The van der Waals surface area contributed by atoms with Gasteiger partial charge in [0.15, 0.2) is 5.58 Å². The highest BCUT2D eigenvalue weighted by molar-refractivity contribution is 5.79. The number of para-hydroxylation sites is 2. The summed E-state index contributed by atoms with van der Waals surface area (Å²) in [6, 6.07) is 9.31. The van der Waals surface area contributed by atoms with Crippen molar-refractivity contribution < 1.29 is 9.21 Å². The second-order valence-corrected chi connectivity index (χ2v) is 4.37. The minimum Gasteiger partial charge on any atom is -0.440 e. The number of fused-ring (bicyclic) bond motifs is 1. The lowest BCUT2D eigenvalue weighted by atomic mass is 10.3. The van der Waals surface area contributed by atoms with Crippen LogP contribution in [0.4, 0.5) is 0 Å². The molecule has 0 bridgehead atoms. The van der Waals surface area contributed by atoms with Crippen LogP contribution < -0.4 is 5.32 Å². The Morgan fingerprint density at radius 1 is 1.30 bits per heavy atom. The summed E-state index contributed by atoms with van der Waals surface area (Å²) in [6.07, 6.45) is 3.71. The maximum absolute atomic E-state index is 11.8. The number of hydrogen-bond donors (Lipinski definition) is 1. The van der Waals surface area contributed by atoms with E-state index in [9.17, 15) is 4.79 Å². The third-order valence-corrected chi connectivity index (χ3v) is 2.87. The number of aromatic nitrogens is 3. The highest BCUT2D eigenvalue weighted by Crippen LogP contribution is 2.14. The Bertz CT molecular complexity index is 670. The summed E-state index contributed by atoms with van der Waals surface area (Å²) in [5, 5.41) is 6.87. The highest BCUT2D eigenvalue weighted by atomic mass is 16.3. The molecule has 0 fully saturated rings. The molecule has 6 heteroatoms. The third-order valence-electron chi connectivity index (χ3n) is 2.87. The SMILES string of the molecule is O=C(Cc1nc2ccccc2o1)NCCn1cccn1. The molecule has 3 rings (SSSR count). The van der Waals surface area contributed by atoms with E-state index in [0.29, 0.717) is 24.6 Å². The summed E-state index contributed by atoms with van der Waals surface area (Å²) in [6.45, 7) is 1.17. The van der Waals surface area contributed by atoms with E-state index in [2.05, 4.69) is 15.4 Å². The fraction of sp³-hybridized carbons (Fsp3) is 0.214. The second kappa shape index (κ2) is 5.56. The average Bonchev–Trinajstić information content (AvgIpc) is 3.06. The first-order valence-electron chi connectivity index (χ1n) is 6.40. The van der Waals surface area contributed by atoms with E-state index < -0.39 is 0 Å². The Hall–Kier alpha value is -2.63. The van der Waals surface area contributed by atoms with Gasteiger partial charge in [-0.3, -0.25) is 9.48 Å². The quantitative estimate of drug-likeness (QED) is 0.760. The van der Waals surface area contributed by atoms with Gasteiger partial charge in [0.25, 0.3) is 0 Å². The van der Waals surface area contributed by atoms with E-state index in [1.165, 1.54) is 0 Å². The van der Waals surface area contributed by atoms with Crippen molar-refractivity contribution in [1.82, 2.24) is 20.1 Å². The molecule has 0 saturated carbocycles. The summed E-state index contributed by atoms with van der Waals surface area (Å²) in [4.78, 5) is 16.0. The maximum Gasteiger partial charge on any atom is 0.229 e. The zero-order valence-electron chi connectivity index (χ0n) is 10.8. The molecule has 1 aromatic carbocycles. The molecule has 2 aromatic heterocycles. The van der Waals surface area contributed by atoms with Crippen LogP contribution in [0.3, 0.4) is 0 Å². The molecular weight excluding hydrogens is 256 g/mol. The van der Waals surface area contributed by atoms with Gasteiger partial charge in [-0.1, -0.05) is 12.1 Å². The van der Waals surface area contributed by atoms with Crippen molar-refractivity contribution in [3.8, 4) is 0 Å². The Morgan fingerprint density at radius 3 is 3.00 bits per heavy atom. The number of amides is 1. The number of nitrogens with one attached hydrogen (secondary N) is 1. The van der Waals surface area contributed by atoms with Crippen LogP contribution in [0.5, 0.6) is 0 Å². The first-order chi connectivity index (χ1) is 9.81. The van der Waals surface area contributed by atoms with Crippen LogP contribution in [-0.4, -0.2) is 27.2 Å². The molecule has 0 unspecified atom stereocenters. The molecule has 1 amide bonds. The van der Waals surface area contributed by atoms with Crippen molar-refractivity contribution in [2.24, 2.45) is 0 Å². The van der Waals surface area contributed by atoms with Gasteiger partial charge in [-0.25, -0.2) is 4.98 Å². The first kappa shape index (κ1) is 12.4. The predicted octanol–water partition coefficient (Wildman–Crippen LogP) is 1.38. The Morgan fingerprint density at radius 2 is 2.20 bits per heavy atom. The number of nitrogens with zero attached hydrogens (tertiary/aromatic N) is 3. The van der Waals surface area contributed by atoms with Crippen molar-refractivity contribution in [2.45, 2.75) is 13.0 Å². The van der Waals surface area contributed by atoms with Crippen molar-refractivity contribution in [3.63, 3.8) is 0 Å². The zero-order chi connectivity index (χ0) is 13.8. The van der Waals surface area contributed by atoms with Crippen LogP contribution in [0.2, 0.25) is 0 Å². The number of oxazole rings is 1. The standard InChI is InChI=1S/C14H14N4O2/c19-13(15-7-9-18-8-3-6-16-18)10-14-17-11-4-1-2-5-12(11)20-14/h1-6,8H,7,9-10H2,(H,15,19). The lowest BCUT2D eigenvalue weighted by Crippen LogP contribution is -2.28. The number of rotatable bonds is 5. The molecule has 0 saturated heterocycles. The van der Waals surface area contributed by atoms with Gasteiger partial charge in [0.2, 0.25) is 11.8 Å². The van der Waals surface area contributed by atoms with Crippen LogP contribution in [0.1, 0.15) is 5.89 Å². The molecule has 102 valence electrons. The summed E-state index contributed by atoms with van der Waals surface area (Å²) >= 11 is 0. The highest BCUT2D eigenvalue weighted by Gasteiger charge is 2.09. The van der Waals surface area contributed by atoms with Gasteiger partial charge in [0, 0.05) is 18.9 Å². The first-order valence-corrected chi connectivity index (χ1v) is 6.40. The van der Waals surface area contributed by atoms with E-state index in [1.807, 2.05) is 36.5 Å². The molecule has 2 heterocycles. The van der Waals surface area contributed by atoms with E-state index in [1.54, 1.807) is 10.9 Å². The van der Waals surface area contributed by atoms with Gasteiger partial charge < -0.3 is 9.73 Å². The van der Waals surface area contributed by atoms with Crippen LogP contribution >= 0.6 is 0 Å². The van der Waals surface area contributed by atoms with E-state index >= 15 is 0 Å². The summed E-state index contributed by atoms with van der Waals surface area (Å²) in [5.41, 5.74) is 1.47. The summed E-state index contributed by atoms with van der Waals surface area (Å²) in [7, 11) is 0. The molecule has 0 radical (unpaired) electrons. The van der Waals surface area contributed by atoms with E-state index in [0.717, 1.165) is 5.52 Å². The van der Waals surface area contributed by atoms with Crippen LogP contribution in [0, 0.1) is 0 Å². The molecule has 0 spiro atoms. The fourth-order valence-corrected chi connectivity index (χ4v) is 1.94. The van der Waals surface area contributed by atoms with Gasteiger partial charge in [-0.05, 0) is 18.2 Å². The molecular formula is C14H14N4O2. The summed E-state index contributed by atoms with van der Waals surface area (Å²) in [5.74, 6) is 0.325. The van der Waals surface area contributed by atoms with Gasteiger partial charge in [0.05, 0.1) is 6.54 Å². The maximum atomic E-state index is 11.8. The van der Waals surface area contributed by atoms with E-state index in [-0.39, 0.29) is 12.3 Å². The number of carbonyl (C=O) groups excluding carboxylic acids is 1. The molecule has 0 atom stereocenters. The predicted molar refractivity (Wildman–Crippen MR) is 72.9 cm³/mol. The van der Waals surface area contributed by atoms with E-state index in [4.69, 9.17) is 4.42 Å². The number of hydrogen-bond acceptors (Lipinski definition) is 4. The lowest BCUT2D eigenvalue weighted by Gasteiger charge is -2.03. The molecule has 0 aliphatic heterocycles. The average molecular weight is 270 g/mol. The van der Waals surface area contributed by atoms with Crippen LogP contribution in [-0.2, 0) is 17.8 Å². The van der Waals surface area contributed by atoms with Crippen molar-refractivity contribution >= 4 is 17.0 Å². The minimum atomic E-state index is -0.108. The molecule has 0 aliphatic rings. The smallest absolute Gasteiger partial charge is 0.229 e. The van der Waals surface area contributed by atoms with Gasteiger partial charge in [-0.15, -0.1) is 0 Å². The van der Waals surface area contributed by atoms with Crippen LogP contribution in [0.15, 0.2) is 47.1 Å². The normalized spacial score (nSPS) is 10.8. The lowest BCUT2D eigenvalue weighted by molar-refractivity contribution is -0.120. The molecule has 1 N–H and O–H groups in total. The topological polar surface area (TPSA) is 73.0 Å². The monoisotopic (exact) mass is 270 g/mol. The van der Waals surface area contributed by atoms with Crippen molar-refractivity contribution in [2.75, 3.05) is 6.54 Å². The van der Waals surface area contributed by atoms with Gasteiger partial charge in [-0.2, -0.15) is 5.10 Å². The summed E-state index contributed by atoms with van der Waals surface area (Å²) < 4.78 is 7.27. The Kier molecular flexibility index (Phi) is 3.45. The largest absolute Gasteiger partial charge is 0.440 e. The van der Waals surface area contributed by atoms with Crippen LogP contribution in [0.25, 0.3) is 11.1 Å². The molecule has 6 nitrogen and oxygen atoms in total. The second-order valence-electron chi connectivity index (χ2n) is 4.37. The Labute approximate surface area is 115 Å². The molecule has 0 aliphatic carbocycles. The van der Waals surface area contributed by atoms with Gasteiger partial charge >= 0.3 is 0 Å².